The zero-order valence-electron chi connectivity index (χ0n) is 12.2. The molecule has 0 spiro atoms. The first-order valence-corrected chi connectivity index (χ1v) is 8.45. The van der Waals surface area contributed by atoms with E-state index in [9.17, 15) is 9.90 Å². The summed E-state index contributed by atoms with van der Waals surface area (Å²) in [6, 6.07) is 0.450. The van der Waals surface area contributed by atoms with Gasteiger partial charge >= 0.3 is 5.97 Å². The highest BCUT2D eigenvalue weighted by molar-refractivity contribution is 7.99. The highest BCUT2D eigenvalue weighted by atomic mass is 32.2. The van der Waals surface area contributed by atoms with Gasteiger partial charge < -0.3 is 10.4 Å². The van der Waals surface area contributed by atoms with Crippen molar-refractivity contribution < 1.29 is 9.90 Å². The molecule has 2 saturated carbocycles. The molecule has 2 unspecified atom stereocenters. The third-order valence-electron chi connectivity index (χ3n) is 4.22. The third kappa shape index (κ3) is 3.06. The molecule has 116 valence electrons. The molecule has 2 N–H and O–H groups in total. The molecule has 21 heavy (non-hydrogen) atoms. The second-order valence-corrected chi connectivity index (χ2v) is 7.20. The molecular weight excluding hydrogens is 290 g/mol. The Kier molecular flexibility index (Phi) is 4.17. The second kappa shape index (κ2) is 5.92. The van der Waals surface area contributed by atoms with Crippen LogP contribution in [0.5, 0.6) is 0 Å². The Morgan fingerprint density at radius 3 is 3.00 bits per heavy atom. The molecule has 0 aliphatic heterocycles. The molecule has 1 aromatic rings. The van der Waals surface area contributed by atoms with Crippen molar-refractivity contribution >= 4 is 17.7 Å². The van der Waals surface area contributed by atoms with Crippen LogP contribution >= 0.6 is 11.8 Å². The van der Waals surface area contributed by atoms with E-state index in [1.54, 1.807) is 11.8 Å². The molecule has 0 bridgehead atoms. The molecular formula is C13H21N5O2S. The Morgan fingerprint density at radius 1 is 1.52 bits per heavy atom. The number of carboxylic acid groups (broad SMARTS) is 1. The maximum Gasteiger partial charge on any atom is 0.323 e. The Labute approximate surface area is 127 Å². The average Bonchev–Trinajstić information content (AvgIpc) is 3.06. The molecule has 7 nitrogen and oxygen atoms in total. The van der Waals surface area contributed by atoms with Crippen molar-refractivity contribution in [2.45, 2.75) is 67.4 Å². The largest absolute Gasteiger partial charge is 0.480 e. The van der Waals surface area contributed by atoms with Gasteiger partial charge in [-0.05, 0) is 55.5 Å². The van der Waals surface area contributed by atoms with Crippen molar-refractivity contribution in [2.75, 3.05) is 6.54 Å². The smallest absolute Gasteiger partial charge is 0.323 e. The normalized spacial score (nSPS) is 28.9. The predicted octanol–water partition coefficient (Wildman–Crippen LogP) is 1.48. The number of carbonyl (C=O) groups is 1. The number of thioether (sulfide) groups is 1. The monoisotopic (exact) mass is 311 g/mol. The summed E-state index contributed by atoms with van der Waals surface area (Å²) in [5, 5.41) is 25.8. The minimum Gasteiger partial charge on any atom is -0.480 e. The van der Waals surface area contributed by atoms with Crippen LogP contribution in [0.1, 0.15) is 51.5 Å². The van der Waals surface area contributed by atoms with Crippen LogP contribution in [0.3, 0.4) is 0 Å². The fourth-order valence-corrected chi connectivity index (χ4v) is 4.13. The van der Waals surface area contributed by atoms with Crippen molar-refractivity contribution in [3.63, 3.8) is 0 Å². The average molecular weight is 311 g/mol. The van der Waals surface area contributed by atoms with Crippen LogP contribution in [0.2, 0.25) is 0 Å². The van der Waals surface area contributed by atoms with E-state index in [4.69, 9.17) is 0 Å². The molecule has 1 aromatic heterocycles. The predicted molar refractivity (Wildman–Crippen MR) is 78.2 cm³/mol. The van der Waals surface area contributed by atoms with Crippen LogP contribution in [0.4, 0.5) is 0 Å². The first kappa shape index (κ1) is 14.8. The Balaban J connectivity index is 1.65. The number of rotatable bonds is 7. The number of nitrogens with zero attached hydrogens (tertiary/aromatic N) is 4. The van der Waals surface area contributed by atoms with Crippen molar-refractivity contribution in [1.82, 2.24) is 25.5 Å². The number of carboxylic acids is 1. The minimum absolute atomic E-state index is 0.258. The van der Waals surface area contributed by atoms with E-state index in [0.717, 1.165) is 37.4 Å². The van der Waals surface area contributed by atoms with Crippen LogP contribution in [0.15, 0.2) is 5.16 Å². The fourth-order valence-electron chi connectivity index (χ4n) is 2.86. The summed E-state index contributed by atoms with van der Waals surface area (Å²) in [6.45, 7) is 2.79. The highest BCUT2D eigenvalue weighted by Gasteiger charge is 2.46. The van der Waals surface area contributed by atoms with E-state index < -0.39 is 11.5 Å². The molecule has 3 rings (SSSR count). The molecule has 1 heterocycles. The number of aromatic nitrogens is 4. The summed E-state index contributed by atoms with van der Waals surface area (Å²) in [5.74, 6) is -0.735. The summed E-state index contributed by atoms with van der Waals surface area (Å²) in [7, 11) is 0. The van der Waals surface area contributed by atoms with Crippen molar-refractivity contribution in [3.8, 4) is 0 Å². The lowest BCUT2D eigenvalue weighted by atomic mass is 9.98. The zero-order chi connectivity index (χ0) is 14.9. The molecule has 2 fully saturated rings. The van der Waals surface area contributed by atoms with Crippen LogP contribution in [-0.4, -0.2) is 48.6 Å². The standard InChI is InChI=1S/C13H21N5O2S/c1-2-7-14-13(11(19)20)6-5-10(8-13)21-12-15-16-17-18(12)9-3-4-9/h9-10,14H,2-8H2,1H3,(H,19,20). The first-order valence-electron chi connectivity index (χ1n) is 7.57. The molecule has 8 heteroatoms. The summed E-state index contributed by atoms with van der Waals surface area (Å²) in [5.41, 5.74) is -0.772. The number of aliphatic carboxylic acids is 1. The highest BCUT2D eigenvalue weighted by Crippen LogP contribution is 2.42. The van der Waals surface area contributed by atoms with Gasteiger partial charge in [0.2, 0.25) is 5.16 Å². The van der Waals surface area contributed by atoms with Gasteiger partial charge in [0, 0.05) is 5.25 Å². The molecule has 2 aliphatic rings. The van der Waals surface area contributed by atoms with Crippen LogP contribution in [0, 0.1) is 0 Å². The summed E-state index contributed by atoms with van der Waals surface area (Å²) in [6.07, 6.45) is 5.40. The summed E-state index contributed by atoms with van der Waals surface area (Å²) < 4.78 is 1.89. The number of tetrazole rings is 1. The van der Waals surface area contributed by atoms with E-state index in [-0.39, 0.29) is 5.25 Å². The van der Waals surface area contributed by atoms with Gasteiger partial charge in [-0.25, -0.2) is 4.68 Å². The van der Waals surface area contributed by atoms with Gasteiger partial charge in [0.25, 0.3) is 0 Å². The molecule has 2 aliphatic carbocycles. The first-order chi connectivity index (χ1) is 10.1. The maximum absolute atomic E-state index is 11.6. The summed E-state index contributed by atoms with van der Waals surface area (Å²) >= 11 is 1.63. The van der Waals surface area contributed by atoms with Gasteiger partial charge in [-0.3, -0.25) is 4.79 Å². The van der Waals surface area contributed by atoms with Crippen LogP contribution in [0.25, 0.3) is 0 Å². The van der Waals surface area contributed by atoms with Gasteiger partial charge in [-0.15, -0.1) is 5.10 Å². The molecule has 0 saturated heterocycles. The van der Waals surface area contributed by atoms with E-state index in [0.29, 0.717) is 18.9 Å². The second-order valence-electron chi connectivity index (χ2n) is 5.93. The lowest BCUT2D eigenvalue weighted by molar-refractivity contribution is -0.144. The van der Waals surface area contributed by atoms with Gasteiger partial charge in [0.15, 0.2) is 0 Å². The van der Waals surface area contributed by atoms with Crippen molar-refractivity contribution in [3.05, 3.63) is 0 Å². The topological polar surface area (TPSA) is 92.9 Å². The molecule has 2 atom stereocenters. The van der Waals surface area contributed by atoms with Gasteiger partial charge in [0.1, 0.15) is 5.54 Å². The number of hydrogen-bond acceptors (Lipinski definition) is 6. The lowest BCUT2D eigenvalue weighted by Gasteiger charge is -2.25. The summed E-state index contributed by atoms with van der Waals surface area (Å²) in [4.78, 5) is 11.6. The van der Waals surface area contributed by atoms with E-state index >= 15 is 0 Å². The Morgan fingerprint density at radius 2 is 2.33 bits per heavy atom. The van der Waals surface area contributed by atoms with Gasteiger partial charge in [-0.2, -0.15) is 0 Å². The SMILES string of the molecule is CCCNC1(C(=O)O)CCC(Sc2nnnn2C2CC2)C1. The maximum atomic E-state index is 11.6. The Hall–Kier alpha value is -1.15. The minimum atomic E-state index is -0.772. The molecule has 0 aromatic carbocycles. The van der Waals surface area contributed by atoms with Crippen molar-refractivity contribution in [1.29, 1.82) is 0 Å². The lowest BCUT2D eigenvalue weighted by Crippen LogP contribution is -2.50. The van der Waals surface area contributed by atoms with Crippen molar-refractivity contribution in [2.24, 2.45) is 0 Å². The Bertz CT molecular complexity index is 518. The zero-order valence-corrected chi connectivity index (χ0v) is 13.0. The van der Waals surface area contributed by atoms with E-state index in [1.807, 2.05) is 11.6 Å². The third-order valence-corrected chi connectivity index (χ3v) is 5.43. The van der Waals surface area contributed by atoms with Crippen LogP contribution < -0.4 is 5.32 Å². The van der Waals surface area contributed by atoms with Gasteiger partial charge in [0.05, 0.1) is 6.04 Å². The molecule has 0 amide bonds. The van der Waals surface area contributed by atoms with E-state index in [1.165, 1.54) is 0 Å². The van der Waals surface area contributed by atoms with Crippen LogP contribution in [-0.2, 0) is 4.79 Å². The fraction of sp³-hybridized carbons (Fsp3) is 0.846. The van der Waals surface area contributed by atoms with E-state index in [2.05, 4.69) is 20.8 Å². The number of hydrogen-bond donors (Lipinski definition) is 2. The quantitative estimate of drug-likeness (QED) is 0.787. The van der Waals surface area contributed by atoms with Gasteiger partial charge in [-0.1, -0.05) is 18.7 Å². The number of nitrogens with one attached hydrogen (secondary N) is 1. The molecule has 0 radical (unpaired) electrons.